The van der Waals surface area contributed by atoms with Gasteiger partial charge in [0, 0.05) is 29.6 Å². The second kappa shape index (κ2) is 9.18. The second-order valence-electron chi connectivity index (χ2n) is 7.78. The molecule has 146 valence electrons. The molecule has 2 heterocycles. The van der Waals surface area contributed by atoms with Crippen LogP contribution < -0.4 is 11.1 Å². The molecule has 3 rings (SSSR count). The van der Waals surface area contributed by atoms with Gasteiger partial charge in [0.25, 0.3) is 0 Å². The SMILES string of the molecule is CCCCn1cc2c(n1)c(N)nc1ccc(CCCCCNC(C)C)cc12. The standard InChI is InChI=1S/C22H33N5/c1-4-5-13-27-15-19-18-14-17(9-7-6-8-12-24-16(2)3)10-11-20(18)25-22(23)21(19)26-27/h10-11,14-16,24H,4-9,12-13H2,1-3H3,(H2,23,25). The van der Waals surface area contributed by atoms with Gasteiger partial charge in [-0.25, -0.2) is 4.98 Å². The molecule has 0 atom stereocenters. The number of nitrogens with two attached hydrogens (primary N) is 1. The number of aryl methyl sites for hydroxylation is 2. The zero-order valence-corrected chi connectivity index (χ0v) is 17.0. The number of rotatable bonds is 10. The quantitative estimate of drug-likeness (QED) is 0.511. The molecule has 3 N–H and O–H groups in total. The fourth-order valence-electron chi connectivity index (χ4n) is 3.50. The summed E-state index contributed by atoms with van der Waals surface area (Å²) in [7, 11) is 0. The molecule has 0 saturated carbocycles. The Kier molecular flexibility index (Phi) is 6.67. The Bertz CT molecular complexity index is 881. The number of hydrogen-bond donors (Lipinski definition) is 2. The molecule has 0 spiro atoms. The number of unbranched alkanes of at least 4 members (excludes halogenated alkanes) is 3. The van der Waals surface area contributed by atoms with E-state index in [4.69, 9.17) is 5.73 Å². The van der Waals surface area contributed by atoms with Gasteiger partial charge in [0.15, 0.2) is 5.82 Å². The molecule has 1 aromatic carbocycles. The zero-order valence-electron chi connectivity index (χ0n) is 17.0. The van der Waals surface area contributed by atoms with Gasteiger partial charge in [-0.3, -0.25) is 4.68 Å². The first-order valence-corrected chi connectivity index (χ1v) is 10.4. The summed E-state index contributed by atoms with van der Waals surface area (Å²) < 4.78 is 2.01. The first kappa shape index (κ1) is 19.6. The minimum absolute atomic E-state index is 0.526. The number of aromatic nitrogens is 3. The molecule has 5 heteroatoms. The van der Waals surface area contributed by atoms with Crippen molar-refractivity contribution in [2.24, 2.45) is 0 Å². The number of pyridine rings is 1. The van der Waals surface area contributed by atoms with Crippen molar-refractivity contribution in [2.45, 2.75) is 71.9 Å². The van der Waals surface area contributed by atoms with Crippen LogP contribution in [0.25, 0.3) is 21.8 Å². The lowest BCUT2D eigenvalue weighted by Crippen LogP contribution is -2.23. The predicted octanol–water partition coefficient (Wildman–Crippen LogP) is 4.68. The van der Waals surface area contributed by atoms with E-state index in [1.54, 1.807) is 0 Å². The maximum absolute atomic E-state index is 6.16. The number of nitrogen functional groups attached to an aromatic ring is 1. The number of fused-ring (bicyclic) bond motifs is 3. The first-order valence-electron chi connectivity index (χ1n) is 10.4. The van der Waals surface area contributed by atoms with Crippen LogP contribution in [0.3, 0.4) is 0 Å². The maximum Gasteiger partial charge on any atom is 0.152 e. The van der Waals surface area contributed by atoms with Crippen molar-refractivity contribution in [2.75, 3.05) is 12.3 Å². The molecule has 0 fully saturated rings. The van der Waals surface area contributed by atoms with Crippen LogP contribution in [0.4, 0.5) is 5.82 Å². The van der Waals surface area contributed by atoms with Crippen LogP contribution in [-0.2, 0) is 13.0 Å². The Morgan fingerprint density at radius 1 is 1.11 bits per heavy atom. The molecule has 2 aromatic heterocycles. The van der Waals surface area contributed by atoms with E-state index in [0.29, 0.717) is 11.9 Å². The Balaban J connectivity index is 1.74. The molecule has 3 aromatic rings. The summed E-state index contributed by atoms with van der Waals surface area (Å²) in [4.78, 5) is 4.57. The molecular weight excluding hydrogens is 334 g/mol. The average Bonchev–Trinajstić information content (AvgIpc) is 3.08. The van der Waals surface area contributed by atoms with Crippen LogP contribution in [0.5, 0.6) is 0 Å². The summed E-state index contributed by atoms with van der Waals surface area (Å²) in [6.07, 6.45) is 9.21. The minimum Gasteiger partial charge on any atom is -0.382 e. The number of anilines is 1. The largest absolute Gasteiger partial charge is 0.382 e. The van der Waals surface area contributed by atoms with Gasteiger partial charge in [-0.05, 0) is 49.9 Å². The van der Waals surface area contributed by atoms with Crippen molar-refractivity contribution in [3.8, 4) is 0 Å². The smallest absolute Gasteiger partial charge is 0.152 e. The van der Waals surface area contributed by atoms with Gasteiger partial charge in [0.1, 0.15) is 5.52 Å². The highest BCUT2D eigenvalue weighted by molar-refractivity contribution is 6.08. The molecule has 27 heavy (non-hydrogen) atoms. The van der Waals surface area contributed by atoms with Gasteiger partial charge in [0.05, 0.1) is 5.52 Å². The van der Waals surface area contributed by atoms with Crippen LogP contribution in [0, 0.1) is 0 Å². The summed E-state index contributed by atoms with van der Waals surface area (Å²) in [5.41, 5.74) is 9.31. The second-order valence-corrected chi connectivity index (χ2v) is 7.78. The lowest BCUT2D eigenvalue weighted by molar-refractivity contribution is 0.548. The fraction of sp³-hybridized carbons (Fsp3) is 0.545. The van der Waals surface area contributed by atoms with E-state index in [0.717, 1.165) is 48.8 Å². The Labute approximate surface area is 162 Å². The van der Waals surface area contributed by atoms with E-state index >= 15 is 0 Å². The van der Waals surface area contributed by atoms with Gasteiger partial charge >= 0.3 is 0 Å². The summed E-state index contributed by atoms with van der Waals surface area (Å²) in [5.74, 6) is 0.526. The van der Waals surface area contributed by atoms with Crippen molar-refractivity contribution in [3.63, 3.8) is 0 Å². The van der Waals surface area contributed by atoms with E-state index in [9.17, 15) is 0 Å². The van der Waals surface area contributed by atoms with Gasteiger partial charge in [0.2, 0.25) is 0 Å². The third-order valence-electron chi connectivity index (χ3n) is 5.03. The number of nitrogens with zero attached hydrogens (tertiary/aromatic N) is 3. The van der Waals surface area contributed by atoms with Crippen LogP contribution >= 0.6 is 0 Å². The van der Waals surface area contributed by atoms with Crippen molar-refractivity contribution in [1.29, 1.82) is 0 Å². The highest BCUT2D eigenvalue weighted by Crippen LogP contribution is 2.28. The average molecular weight is 368 g/mol. The number of nitrogens with one attached hydrogen (secondary N) is 1. The summed E-state index contributed by atoms with van der Waals surface area (Å²) in [5, 5.41) is 10.4. The monoisotopic (exact) mass is 367 g/mol. The molecule has 0 aliphatic rings. The van der Waals surface area contributed by atoms with Crippen LogP contribution in [-0.4, -0.2) is 27.4 Å². The third kappa shape index (κ3) is 4.98. The Hall–Kier alpha value is -2.14. The van der Waals surface area contributed by atoms with E-state index in [1.807, 2.05) is 4.68 Å². The zero-order chi connectivity index (χ0) is 19.2. The topological polar surface area (TPSA) is 68.8 Å². The molecule has 5 nitrogen and oxygen atoms in total. The number of benzene rings is 1. The summed E-state index contributed by atoms with van der Waals surface area (Å²) in [6.45, 7) is 8.62. The minimum atomic E-state index is 0.526. The first-order chi connectivity index (χ1) is 13.1. The highest BCUT2D eigenvalue weighted by atomic mass is 15.3. The molecule has 0 radical (unpaired) electrons. The molecule has 0 aliphatic carbocycles. The molecule has 0 saturated heterocycles. The lowest BCUT2D eigenvalue weighted by atomic mass is 10.0. The lowest BCUT2D eigenvalue weighted by Gasteiger charge is -2.08. The third-order valence-corrected chi connectivity index (χ3v) is 5.03. The van der Waals surface area contributed by atoms with Crippen LogP contribution in [0.1, 0.15) is 58.4 Å². The van der Waals surface area contributed by atoms with Gasteiger partial charge in [-0.15, -0.1) is 0 Å². The molecule has 0 unspecified atom stereocenters. The van der Waals surface area contributed by atoms with Crippen molar-refractivity contribution in [1.82, 2.24) is 20.1 Å². The summed E-state index contributed by atoms with van der Waals surface area (Å²) in [6, 6.07) is 7.15. The molecular formula is C22H33N5. The van der Waals surface area contributed by atoms with Crippen molar-refractivity contribution >= 4 is 27.6 Å². The van der Waals surface area contributed by atoms with Crippen LogP contribution in [0.2, 0.25) is 0 Å². The normalized spacial score (nSPS) is 11.9. The molecule has 0 aliphatic heterocycles. The predicted molar refractivity (Wildman–Crippen MR) is 115 cm³/mol. The van der Waals surface area contributed by atoms with Gasteiger partial charge in [-0.1, -0.05) is 39.7 Å². The van der Waals surface area contributed by atoms with E-state index in [2.05, 4.69) is 60.6 Å². The number of hydrogen-bond acceptors (Lipinski definition) is 4. The van der Waals surface area contributed by atoms with E-state index in [1.165, 1.54) is 30.2 Å². The maximum atomic E-state index is 6.16. The Morgan fingerprint density at radius 2 is 1.96 bits per heavy atom. The van der Waals surface area contributed by atoms with Crippen LogP contribution in [0.15, 0.2) is 24.4 Å². The molecule has 0 amide bonds. The summed E-state index contributed by atoms with van der Waals surface area (Å²) >= 11 is 0. The molecule has 0 bridgehead atoms. The van der Waals surface area contributed by atoms with Gasteiger partial charge < -0.3 is 11.1 Å². The highest BCUT2D eigenvalue weighted by Gasteiger charge is 2.11. The van der Waals surface area contributed by atoms with E-state index < -0.39 is 0 Å². The van der Waals surface area contributed by atoms with Gasteiger partial charge in [-0.2, -0.15) is 5.10 Å². The Morgan fingerprint density at radius 3 is 2.74 bits per heavy atom. The van der Waals surface area contributed by atoms with Crippen molar-refractivity contribution in [3.05, 3.63) is 30.0 Å². The van der Waals surface area contributed by atoms with E-state index in [-0.39, 0.29) is 0 Å². The fourth-order valence-corrected chi connectivity index (χ4v) is 3.50. The van der Waals surface area contributed by atoms with Crippen molar-refractivity contribution < 1.29 is 0 Å².